The molecule has 3 aromatic rings. The van der Waals surface area contributed by atoms with Crippen LogP contribution in [0.1, 0.15) is 36.1 Å². The molecule has 4 rings (SSSR count). The highest BCUT2D eigenvalue weighted by Gasteiger charge is 2.33. The van der Waals surface area contributed by atoms with Crippen molar-refractivity contribution in [3.05, 3.63) is 54.2 Å². The van der Waals surface area contributed by atoms with E-state index in [9.17, 15) is 9.90 Å². The van der Waals surface area contributed by atoms with Crippen LogP contribution in [0.15, 0.2) is 47.1 Å². The van der Waals surface area contributed by atoms with Crippen LogP contribution in [0, 0.1) is 5.41 Å². The summed E-state index contributed by atoms with van der Waals surface area (Å²) < 4.78 is 16.5. The van der Waals surface area contributed by atoms with E-state index in [2.05, 4.69) is 4.98 Å². The van der Waals surface area contributed by atoms with Crippen molar-refractivity contribution in [2.45, 2.75) is 26.4 Å². The third-order valence-electron chi connectivity index (χ3n) is 5.60. The average Bonchev–Trinajstić information content (AvgIpc) is 3.25. The second-order valence-corrected chi connectivity index (χ2v) is 8.09. The van der Waals surface area contributed by atoms with E-state index < -0.39 is 0 Å². The van der Waals surface area contributed by atoms with E-state index in [1.165, 1.54) is 6.26 Å². The van der Waals surface area contributed by atoms with Gasteiger partial charge in [-0.25, -0.2) is 4.98 Å². The van der Waals surface area contributed by atoms with Crippen LogP contribution >= 0.6 is 0 Å². The molecule has 158 valence electrons. The highest BCUT2D eigenvalue weighted by atomic mass is 16.5. The molecule has 1 atom stereocenters. The van der Waals surface area contributed by atoms with Gasteiger partial charge < -0.3 is 23.9 Å². The molecule has 1 fully saturated rings. The minimum absolute atomic E-state index is 0.0618. The van der Waals surface area contributed by atoms with Gasteiger partial charge in [-0.15, -0.1) is 0 Å². The fraction of sp³-hybridized carbons (Fsp3) is 0.391. The summed E-state index contributed by atoms with van der Waals surface area (Å²) in [5.74, 6) is 1.62. The lowest BCUT2D eigenvalue weighted by atomic mass is 9.83. The number of rotatable bonds is 6. The molecule has 2 aromatic carbocycles. The minimum atomic E-state index is -0.262. The molecule has 0 unspecified atom stereocenters. The average molecular weight is 410 g/mol. The normalized spacial score (nSPS) is 19.1. The van der Waals surface area contributed by atoms with E-state index in [1.54, 1.807) is 12.0 Å². The van der Waals surface area contributed by atoms with Gasteiger partial charge in [0.25, 0.3) is 5.91 Å². The second-order valence-electron chi connectivity index (χ2n) is 8.09. The van der Waals surface area contributed by atoms with E-state index in [0.29, 0.717) is 24.7 Å². The van der Waals surface area contributed by atoms with E-state index in [0.717, 1.165) is 29.4 Å². The Labute approximate surface area is 175 Å². The Morgan fingerprint density at radius 1 is 1.23 bits per heavy atom. The number of carbonyl (C=O) groups is 1. The largest absolute Gasteiger partial charge is 0.497 e. The van der Waals surface area contributed by atoms with Crippen molar-refractivity contribution in [3.63, 3.8) is 0 Å². The van der Waals surface area contributed by atoms with Gasteiger partial charge in [0.15, 0.2) is 12.3 Å². The molecule has 1 aliphatic rings. The first-order valence-electron chi connectivity index (χ1n) is 10.0. The molecule has 0 radical (unpaired) electrons. The lowest BCUT2D eigenvalue weighted by molar-refractivity contribution is 0.0353. The van der Waals surface area contributed by atoms with E-state index in [1.807, 2.05) is 43.3 Å². The first kappa shape index (κ1) is 20.2. The Morgan fingerprint density at radius 3 is 2.77 bits per heavy atom. The molecule has 1 aliphatic heterocycles. The van der Waals surface area contributed by atoms with E-state index >= 15 is 0 Å². The van der Waals surface area contributed by atoms with E-state index in [4.69, 9.17) is 13.9 Å². The highest BCUT2D eigenvalue weighted by Crippen LogP contribution is 2.29. The number of hydrogen-bond donors (Lipinski definition) is 1. The summed E-state index contributed by atoms with van der Waals surface area (Å²) in [5, 5.41) is 11.7. The van der Waals surface area contributed by atoms with Gasteiger partial charge in [0, 0.05) is 18.5 Å². The Hall–Kier alpha value is -3.06. The number of oxazole rings is 1. The van der Waals surface area contributed by atoms with Crippen molar-refractivity contribution in [1.29, 1.82) is 0 Å². The van der Waals surface area contributed by atoms with Crippen molar-refractivity contribution >= 4 is 16.7 Å². The molecule has 0 bridgehead atoms. The summed E-state index contributed by atoms with van der Waals surface area (Å²) >= 11 is 0. The minimum Gasteiger partial charge on any atom is -0.497 e. The molecule has 0 saturated carbocycles. The molecule has 1 saturated heterocycles. The maximum Gasteiger partial charge on any atom is 0.275 e. The number of nitrogens with zero attached hydrogens (tertiary/aromatic N) is 2. The Bertz CT molecular complexity index is 1050. The number of likely N-dealkylation sites (tertiary alicyclic amines) is 1. The molecule has 2 heterocycles. The van der Waals surface area contributed by atoms with Crippen LogP contribution in [0.3, 0.4) is 0 Å². The number of piperidine rings is 1. The number of carbonyl (C=O) groups excluding carboxylic acids is 1. The van der Waals surface area contributed by atoms with Crippen LogP contribution in [-0.4, -0.2) is 47.7 Å². The van der Waals surface area contributed by atoms with Crippen LogP contribution in [0.2, 0.25) is 0 Å². The smallest absolute Gasteiger partial charge is 0.275 e. The molecule has 1 amide bonds. The monoisotopic (exact) mass is 410 g/mol. The molecule has 0 aliphatic carbocycles. The molecule has 7 nitrogen and oxygen atoms in total. The first-order valence-corrected chi connectivity index (χ1v) is 10.0. The molecule has 30 heavy (non-hydrogen) atoms. The second kappa shape index (κ2) is 8.36. The number of ether oxygens (including phenoxy) is 2. The van der Waals surface area contributed by atoms with Crippen LogP contribution < -0.4 is 9.47 Å². The molecular weight excluding hydrogens is 384 g/mol. The number of fused-ring (bicyclic) bond motifs is 1. The predicted octanol–water partition coefficient (Wildman–Crippen LogP) is 3.65. The van der Waals surface area contributed by atoms with Crippen molar-refractivity contribution in [2.24, 2.45) is 5.41 Å². The van der Waals surface area contributed by atoms with Crippen molar-refractivity contribution in [3.8, 4) is 11.5 Å². The van der Waals surface area contributed by atoms with Gasteiger partial charge in [0.2, 0.25) is 5.89 Å². The Kier molecular flexibility index (Phi) is 5.63. The van der Waals surface area contributed by atoms with E-state index in [-0.39, 0.29) is 30.2 Å². The third kappa shape index (κ3) is 4.26. The SMILES string of the molecule is COc1ccc2ccc(OCc3nc(C(=O)N4CCC[C@@](C)(CO)C4)co3)cc2c1. The summed E-state index contributed by atoms with van der Waals surface area (Å²) in [6, 6.07) is 11.6. The fourth-order valence-electron chi connectivity index (χ4n) is 3.82. The van der Waals surface area contributed by atoms with Gasteiger partial charge in [-0.1, -0.05) is 19.1 Å². The topological polar surface area (TPSA) is 85.0 Å². The molecule has 7 heteroatoms. The summed E-state index contributed by atoms with van der Waals surface area (Å²) in [5.41, 5.74) is 0.00144. The summed E-state index contributed by atoms with van der Waals surface area (Å²) in [6.07, 6.45) is 3.14. The zero-order chi connectivity index (χ0) is 21.1. The Balaban J connectivity index is 1.41. The van der Waals surface area contributed by atoms with Crippen molar-refractivity contribution in [2.75, 3.05) is 26.8 Å². The number of benzene rings is 2. The lowest BCUT2D eigenvalue weighted by Crippen LogP contribution is -2.46. The van der Waals surface area contributed by atoms with Gasteiger partial charge in [-0.3, -0.25) is 4.79 Å². The van der Waals surface area contributed by atoms with Crippen LogP contribution in [0.25, 0.3) is 10.8 Å². The van der Waals surface area contributed by atoms with Gasteiger partial charge in [0.1, 0.15) is 17.8 Å². The number of aliphatic hydroxyl groups is 1. The van der Waals surface area contributed by atoms with Crippen LogP contribution in [-0.2, 0) is 6.61 Å². The van der Waals surface area contributed by atoms with Crippen molar-refractivity contribution < 1.29 is 23.8 Å². The first-order chi connectivity index (χ1) is 14.5. The Morgan fingerprint density at radius 2 is 2.00 bits per heavy atom. The van der Waals surface area contributed by atoms with Gasteiger partial charge >= 0.3 is 0 Å². The summed E-state index contributed by atoms with van der Waals surface area (Å²) in [7, 11) is 1.64. The zero-order valence-corrected chi connectivity index (χ0v) is 17.3. The van der Waals surface area contributed by atoms with Gasteiger partial charge in [-0.2, -0.15) is 0 Å². The number of methoxy groups -OCH3 is 1. The molecule has 1 aromatic heterocycles. The number of amides is 1. The maximum absolute atomic E-state index is 12.8. The zero-order valence-electron chi connectivity index (χ0n) is 17.3. The lowest BCUT2D eigenvalue weighted by Gasteiger charge is -2.38. The van der Waals surface area contributed by atoms with Crippen molar-refractivity contribution in [1.82, 2.24) is 9.88 Å². The molecule has 0 spiro atoms. The van der Waals surface area contributed by atoms with Gasteiger partial charge in [-0.05, 0) is 47.9 Å². The highest BCUT2D eigenvalue weighted by molar-refractivity contribution is 5.92. The predicted molar refractivity (Wildman–Crippen MR) is 112 cm³/mol. The van der Waals surface area contributed by atoms with Crippen LogP contribution in [0.4, 0.5) is 0 Å². The molecular formula is C23H26N2O5. The number of hydrogen-bond acceptors (Lipinski definition) is 6. The number of aliphatic hydroxyl groups excluding tert-OH is 1. The standard InChI is InChI=1S/C23H26N2O5/c1-23(15-26)8-3-9-25(14-23)22(27)20-12-30-21(24-20)13-29-19-7-5-16-4-6-18(28-2)10-17(16)11-19/h4-7,10-12,26H,3,8-9,13-15H2,1-2H3/t23-/m1/s1. The van der Waals surface area contributed by atoms with Crippen LogP contribution in [0.5, 0.6) is 11.5 Å². The summed E-state index contributed by atoms with van der Waals surface area (Å²) in [4.78, 5) is 18.8. The fourth-order valence-corrected chi connectivity index (χ4v) is 3.82. The number of aromatic nitrogens is 1. The maximum atomic E-state index is 12.8. The summed E-state index contributed by atoms with van der Waals surface area (Å²) in [6.45, 7) is 3.35. The third-order valence-corrected chi connectivity index (χ3v) is 5.60. The van der Waals surface area contributed by atoms with Gasteiger partial charge in [0.05, 0.1) is 13.7 Å². The molecule has 1 N–H and O–H groups in total. The quantitative estimate of drug-likeness (QED) is 0.668.